The molecule has 0 saturated heterocycles. The summed E-state index contributed by atoms with van der Waals surface area (Å²) >= 11 is 1.05. The molecule has 2 N–H and O–H groups in total. The van der Waals surface area contributed by atoms with Gasteiger partial charge in [-0.3, -0.25) is 4.79 Å². The number of fused-ring (bicyclic) bond motifs is 1. The van der Waals surface area contributed by atoms with Crippen molar-refractivity contribution in [3.8, 4) is 34.1 Å². The second kappa shape index (κ2) is 8.23. The number of aromatic nitrogens is 3. The van der Waals surface area contributed by atoms with Crippen molar-refractivity contribution in [3.63, 3.8) is 0 Å². The van der Waals surface area contributed by atoms with E-state index < -0.39 is 17.5 Å². The van der Waals surface area contributed by atoms with Crippen LogP contribution in [0.4, 0.5) is 10.1 Å². The second-order valence-electron chi connectivity index (χ2n) is 7.48. The Labute approximate surface area is 196 Å². The van der Waals surface area contributed by atoms with Crippen LogP contribution in [0.3, 0.4) is 0 Å². The van der Waals surface area contributed by atoms with E-state index in [9.17, 15) is 14.3 Å². The summed E-state index contributed by atoms with van der Waals surface area (Å²) in [5.74, 6) is -1.20. The zero-order valence-electron chi connectivity index (χ0n) is 18.0. The van der Waals surface area contributed by atoms with E-state index in [1.807, 2.05) is 24.3 Å². The Hall–Kier alpha value is -4.31. The van der Waals surface area contributed by atoms with Gasteiger partial charge in [-0.15, -0.1) is 11.3 Å². The fourth-order valence-corrected chi connectivity index (χ4v) is 4.81. The summed E-state index contributed by atoms with van der Waals surface area (Å²) in [6.07, 6.45) is 0. The van der Waals surface area contributed by atoms with Gasteiger partial charge in [0.1, 0.15) is 21.3 Å². The maximum atomic E-state index is 14.1. The molecule has 0 aliphatic heterocycles. The van der Waals surface area contributed by atoms with Crippen molar-refractivity contribution in [1.29, 1.82) is 0 Å². The number of hydrogen-bond donors (Lipinski definition) is 1. The molecule has 170 valence electrons. The number of aryl methyl sites for hydroxylation is 1. The Morgan fingerprint density at radius 2 is 1.94 bits per heavy atom. The van der Waals surface area contributed by atoms with Gasteiger partial charge in [-0.1, -0.05) is 16.8 Å². The number of hydrogen-bond acceptors (Lipinski definition) is 8. The van der Waals surface area contributed by atoms with E-state index in [1.165, 1.54) is 19.2 Å². The minimum absolute atomic E-state index is 0.128. The molecular weight excluding hydrogens is 459 g/mol. The number of nitrogens with two attached hydrogens (primary N) is 1. The molecule has 5 aromatic rings. The minimum Gasteiger partial charge on any atom is -0.539 e. The first-order valence-corrected chi connectivity index (χ1v) is 10.9. The molecule has 0 bridgehead atoms. The lowest BCUT2D eigenvalue weighted by molar-refractivity contribution is -0.741. The van der Waals surface area contributed by atoms with Crippen LogP contribution in [-0.4, -0.2) is 23.1 Å². The van der Waals surface area contributed by atoms with Gasteiger partial charge in [-0.25, -0.2) is 9.37 Å². The van der Waals surface area contributed by atoms with Gasteiger partial charge in [0.25, 0.3) is 5.78 Å². The molecule has 0 atom stereocenters. The number of carbonyl (C=O) groups is 1. The van der Waals surface area contributed by atoms with E-state index in [-0.39, 0.29) is 16.3 Å². The monoisotopic (exact) mass is 476 g/mol. The van der Waals surface area contributed by atoms with E-state index in [0.717, 1.165) is 21.6 Å². The molecule has 0 aliphatic carbocycles. The van der Waals surface area contributed by atoms with Gasteiger partial charge >= 0.3 is 5.69 Å². The molecule has 0 radical (unpaired) electrons. The number of nitrogen functional groups attached to an aromatic ring is 1. The molecular formula is C24H17FN4O4S. The highest BCUT2D eigenvalue weighted by Crippen LogP contribution is 2.42. The Morgan fingerprint density at radius 3 is 2.59 bits per heavy atom. The zero-order chi connectivity index (χ0) is 24.0. The van der Waals surface area contributed by atoms with E-state index in [2.05, 4.69) is 9.79 Å². The third-order valence-corrected chi connectivity index (χ3v) is 6.50. The molecule has 2 aromatic carbocycles. The van der Waals surface area contributed by atoms with E-state index >= 15 is 0 Å². The summed E-state index contributed by atoms with van der Waals surface area (Å²) in [5.41, 5.74) is 8.92. The number of carbonyl (C=O) groups excluding carboxylic acids is 1. The van der Waals surface area contributed by atoms with Crippen molar-refractivity contribution in [2.75, 3.05) is 12.8 Å². The SMILES string of the molecule is COc1ccc(-c2cc(-c3cccc(F)c3)c3c(N)c(C(=O)c4c([O-])on[n+]4C)sc3n2)cc1. The summed E-state index contributed by atoms with van der Waals surface area (Å²) in [5, 5.41) is 16.0. The Morgan fingerprint density at radius 1 is 1.18 bits per heavy atom. The summed E-state index contributed by atoms with van der Waals surface area (Å²) in [4.78, 5) is 18.5. The fraction of sp³-hybridized carbons (Fsp3) is 0.0833. The van der Waals surface area contributed by atoms with Gasteiger partial charge in [0.15, 0.2) is 13.0 Å². The lowest BCUT2D eigenvalue weighted by Crippen LogP contribution is -2.37. The van der Waals surface area contributed by atoms with Gasteiger partial charge in [-0.2, -0.15) is 0 Å². The molecule has 0 amide bonds. The van der Waals surface area contributed by atoms with Crippen LogP contribution < -0.4 is 20.3 Å². The number of pyridine rings is 1. The van der Waals surface area contributed by atoms with Gasteiger partial charge in [-0.05, 0) is 53.6 Å². The number of benzene rings is 2. The van der Waals surface area contributed by atoms with Gasteiger partial charge < -0.3 is 20.1 Å². The van der Waals surface area contributed by atoms with E-state index in [0.29, 0.717) is 32.8 Å². The third kappa shape index (κ3) is 3.54. The average Bonchev–Trinajstić information content (AvgIpc) is 3.36. The number of methoxy groups -OCH3 is 1. The van der Waals surface area contributed by atoms with Gasteiger partial charge in [0.2, 0.25) is 0 Å². The molecule has 5 rings (SSSR count). The standard InChI is InChI=1S/C24H17FN4O4S/c1-29-20(24(31)33-28-29)21(30)22-19(26)18-16(13-4-3-5-14(25)10-13)11-17(27-23(18)34-22)12-6-8-15(32-2)9-7-12/h3-11H,1-2H3,(H2-,26,28,30,31). The van der Waals surface area contributed by atoms with Gasteiger partial charge in [0.05, 0.1) is 23.8 Å². The van der Waals surface area contributed by atoms with Crippen LogP contribution in [0.25, 0.3) is 32.6 Å². The van der Waals surface area contributed by atoms with Crippen molar-refractivity contribution in [2.45, 2.75) is 0 Å². The first kappa shape index (κ1) is 21.5. The minimum atomic E-state index is -0.860. The van der Waals surface area contributed by atoms with Crippen LogP contribution in [0.5, 0.6) is 11.7 Å². The lowest BCUT2D eigenvalue weighted by Gasteiger charge is -2.09. The smallest absolute Gasteiger partial charge is 0.305 e. The Kier molecular flexibility index (Phi) is 5.21. The van der Waals surface area contributed by atoms with Crippen LogP contribution in [-0.2, 0) is 7.05 Å². The average molecular weight is 476 g/mol. The second-order valence-corrected chi connectivity index (χ2v) is 8.48. The first-order chi connectivity index (χ1) is 16.4. The van der Waals surface area contributed by atoms with Crippen LogP contribution in [0.15, 0.2) is 59.1 Å². The number of halogens is 1. The van der Waals surface area contributed by atoms with Crippen molar-refractivity contribution in [3.05, 3.63) is 71.0 Å². The number of nitrogens with zero attached hydrogens (tertiary/aromatic N) is 3. The topological polar surface area (TPSA) is 118 Å². The number of ether oxygens (including phenoxy) is 1. The molecule has 0 saturated carbocycles. The van der Waals surface area contributed by atoms with Crippen LogP contribution in [0.2, 0.25) is 0 Å². The van der Waals surface area contributed by atoms with Gasteiger partial charge in [0, 0.05) is 10.9 Å². The largest absolute Gasteiger partial charge is 0.539 e. The Bertz CT molecular complexity index is 1540. The third-order valence-electron chi connectivity index (χ3n) is 5.40. The Balaban J connectivity index is 1.76. The molecule has 0 aliphatic rings. The fourth-order valence-electron chi connectivity index (χ4n) is 3.74. The summed E-state index contributed by atoms with van der Waals surface area (Å²) < 4.78 is 25.0. The molecule has 8 nitrogen and oxygen atoms in total. The highest BCUT2D eigenvalue weighted by Gasteiger charge is 2.30. The maximum Gasteiger partial charge on any atom is 0.305 e. The van der Waals surface area contributed by atoms with E-state index in [4.69, 9.17) is 15.5 Å². The van der Waals surface area contributed by atoms with Crippen molar-refractivity contribution >= 4 is 33.0 Å². The molecule has 10 heteroatoms. The van der Waals surface area contributed by atoms with E-state index in [1.54, 1.807) is 25.3 Å². The number of rotatable bonds is 5. The lowest BCUT2D eigenvalue weighted by atomic mass is 9.99. The number of thiophene rings is 1. The quantitative estimate of drug-likeness (QED) is 0.305. The molecule has 0 spiro atoms. The zero-order valence-corrected chi connectivity index (χ0v) is 18.9. The van der Waals surface area contributed by atoms with Crippen molar-refractivity contribution < 1.29 is 28.2 Å². The highest BCUT2D eigenvalue weighted by molar-refractivity contribution is 7.21. The number of ketones is 1. The summed E-state index contributed by atoms with van der Waals surface area (Å²) in [6, 6.07) is 15.2. The summed E-state index contributed by atoms with van der Waals surface area (Å²) in [6.45, 7) is 0. The first-order valence-electron chi connectivity index (χ1n) is 10.1. The van der Waals surface area contributed by atoms with Crippen LogP contribution in [0, 0.1) is 5.82 Å². The molecule has 0 fully saturated rings. The maximum absolute atomic E-state index is 14.1. The van der Waals surface area contributed by atoms with Crippen molar-refractivity contribution in [2.24, 2.45) is 7.05 Å². The highest BCUT2D eigenvalue weighted by atomic mass is 32.1. The predicted molar refractivity (Wildman–Crippen MR) is 122 cm³/mol. The predicted octanol–water partition coefficient (Wildman–Crippen LogP) is 3.48. The molecule has 0 unspecified atom stereocenters. The van der Waals surface area contributed by atoms with Crippen LogP contribution in [0.1, 0.15) is 15.4 Å². The summed E-state index contributed by atoms with van der Waals surface area (Å²) in [7, 11) is 3.01. The molecule has 3 aromatic heterocycles. The normalized spacial score (nSPS) is 11.1. The van der Waals surface area contributed by atoms with Crippen molar-refractivity contribution in [1.82, 2.24) is 10.3 Å². The van der Waals surface area contributed by atoms with Crippen LogP contribution >= 0.6 is 11.3 Å². The molecule has 34 heavy (non-hydrogen) atoms. The molecule has 3 heterocycles. The number of anilines is 1.